The first-order valence-corrected chi connectivity index (χ1v) is 16.8. The lowest BCUT2D eigenvalue weighted by Crippen LogP contribution is -2.66. The molecule has 53 heavy (non-hydrogen) atoms. The lowest BCUT2D eigenvalue weighted by atomic mass is 9.84. The van der Waals surface area contributed by atoms with Gasteiger partial charge in [-0.25, -0.2) is 0 Å². The standard InChI is InChI=1S/C36H39N3O14/c1-47-22-7-6-17-20-14-49-23-11-15(50-36-29(46)27(44)28(45)33(53-36)34(35(37)38)51-25(43)12-24(41)42)10-18(19-13-39-21-5-3-2-4-16(19)21)26(23)30(20)52-31(17)32(22)48-9-8-40/h2-7,10-11,20,27-30,33-36,40,44-46H,8-9,12-14,37-38H2,1H3,(H,41,42)/t20-,27-,28-,29+,30+,33-,34-,36+/m0/s1. The second-order valence-electron chi connectivity index (χ2n) is 12.9. The molecule has 4 heterocycles. The zero-order chi connectivity index (χ0) is 37.6. The summed E-state index contributed by atoms with van der Waals surface area (Å²) in [7, 11) is 1.51. The largest absolute Gasteiger partial charge is 0.493 e. The van der Waals surface area contributed by atoms with Crippen molar-refractivity contribution in [2.45, 2.75) is 61.4 Å². The Morgan fingerprint density at radius 1 is 1.06 bits per heavy atom. The molecule has 4 aliphatic rings. The Labute approximate surface area is 301 Å². The molecule has 0 aliphatic carbocycles. The Morgan fingerprint density at radius 2 is 1.85 bits per heavy atom. The van der Waals surface area contributed by atoms with Crippen LogP contribution in [0.1, 0.15) is 35.1 Å². The van der Waals surface area contributed by atoms with Gasteiger partial charge in [0.15, 0.2) is 17.6 Å². The average molecular weight is 738 g/mol. The van der Waals surface area contributed by atoms with Gasteiger partial charge < -0.3 is 70.2 Å². The number of nitrogens with two attached hydrogens (primary N) is 2. The normalized spacial score (nSPS) is 25.8. The van der Waals surface area contributed by atoms with Gasteiger partial charge in [-0.1, -0.05) is 24.3 Å². The molecule has 0 spiro atoms. The van der Waals surface area contributed by atoms with E-state index in [2.05, 4.69) is 0 Å². The molecule has 17 heteroatoms. The van der Waals surface area contributed by atoms with Crippen molar-refractivity contribution < 1.29 is 68.3 Å². The maximum atomic E-state index is 12.2. The second kappa shape index (κ2) is 14.8. The third-order valence-corrected chi connectivity index (χ3v) is 9.58. The van der Waals surface area contributed by atoms with Gasteiger partial charge in [-0.2, -0.15) is 0 Å². The van der Waals surface area contributed by atoms with Gasteiger partial charge in [-0.15, -0.1) is 0 Å². The first kappa shape index (κ1) is 36.4. The summed E-state index contributed by atoms with van der Waals surface area (Å²) < 4.78 is 41.6. The number of benzene rings is 3. The van der Waals surface area contributed by atoms with Crippen LogP contribution in [0.3, 0.4) is 0 Å². The van der Waals surface area contributed by atoms with Crippen molar-refractivity contribution in [3.05, 3.63) is 75.8 Å². The molecule has 7 rings (SSSR count). The van der Waals surface area contributed by atoms with Crippen LogP contribution in [0, 0.1) is 0 Å². The van der Waals surface area contributed by atoms with E-state index in [-0.39, 0.29) is 31.5 Å². The highest BCUT2D eigenvalue weighted by Crippen LogP contribution is 2.57. The molecule has 0 amide bonds. The smallest absolute Gasteiger partial charge is 0.317 e. The van der Waals surface area contributed by atoms with Crippen molar-refractivity contribution in [1.82, 2.24) is 0 Å². The monoisotopic (exact) mass is 737 g/mol. The van der Waals surface area contributed by atoms with Crippen molar-refractivity contribution in [2.75, 3.05) is 33.5 Å². The molecule has 282 valence electrons. The van der Waals surface area contributed by atoms with Crippen molar-refractivity contribution in [2.24, 2.45) is 16.5 Å². The molecule has 17 nitrogen and oxygen atoms in total. The molecule has 0 saturated carbocycles. The molecule has 1 fully saturated rings. The van der Waals surface area contributed by atoms with Crippen molar-refractivity contribution in [1.29, 1.82) is 0 Å². The molecule has 0 radical (unpaired) electrons. The number of nitrogens with zero attached hydrogens (tertiary/aromatic N) is 1. The molecule has 8 atom stereocenters. The maximum absolute atomic E-state index is 12.2. The van der Waals surface area contributed by atoms with Crippen LogP contribution in [-0.4, -0.2) is 114 Å². The van der Waals surface area contributed by atoms with Gasteiger partial charge in [0.1, 0.15) is 55.0 Å². The fourth-order valence-electron chi connectivity index (χ4n) is 7.14. The van der Waals surface area contributed by atoms with Crippen LogP contribution in [0.15, 0.2) is 53.5 Å². The highest BCUT2D eigenvalue weighted by molar-refractivity contribution is 5.90. The molecule has 0 aromatic heterocycles. The number of carbonyl (C=O) groups is 2. The van der Waals surface area contributed by atoms with Crippen LogP contribution in [0.25, 0.3) is 5.57 Å². The van der Waals surface area contributed by atoms with Crippen molar-refractivity contribution in [3.8, 4) is 28.7 Å². The topological polar surface area (TPSA) is 264 Å². The van der Waals surface area contributed by atoms with Gasteiger partial charge in [0.2, 0.25) is 12.0 Å². The van der Waals surface area contributed by atoms with E-state index in [1.165, 1.54) is 7.11 Å². The summed E-state index contributed by atoms with van der Waals surface area (Å²) in [6.07, 6.45) is -13.6. The third-order valence-electron chi connectivity index (χ3n) is 9.58. The van der Waals surface area contributed by atoms with Crippen molar-refractivity contribution >= 4 is 17.5 Å². The average Bonchev–Trinajstić information content (AvgIpc) is 3.74. The number of ether oxygens (including phenoxy) is 7. The van der Waals surface area contributed by atoms with E-state index in [0.29, 0.717) is 40.7 Å². The van der Waals surface area contributed by atoms with Crippen LogP contribution in [0.2, 0.25) is 0 Å². The highest BCUT2D eigenvalue weighted by atomic mass is 16.7. The number of methoxy groups -OCH3 is 1. The second-order valence-corrected chi connectivity index (χ2v) is 12.9. The first-order chi connectivity index (χ1) is 25.5. The molecule has 9 N–H and O–H groups in total. The number of hydrogen-bond acceptors (Lipinski definition) is 16. The molecule has 0 bridgehead atoms. The number of hydrogen-bond donors (Lipinski definition) is 7. The van der Waals surface area contributed by atoms with Crippen molar-refractivity contribution in [3.63, 3.8) is 0 Å². The lowest BCUT2D eigenvalue weighted by molar-refractivity contribution is -0.291. The molecular formula is C36H39N3O14. The minimum absolute atomic E-state index is 0.0190. The number of esters is 1. The lowest BCUT2D eigenvalue weighted by Gasteiger charge is -2.43. The number of carbonyl (C=O) groups excluding carboxylic acids is 1. The predicted octanol–water partition coefficient (Wildman–Crippen LogP) is -1.68. The van der Waals surface area contributed by atoms with E-state index in [0.717, 1.165) is 21.7 Å². The zero-order valence-electron chi connectivity index (χ0n) is 28.4. The van der Waals surface area contributed by atoms with Gasteiger partial charge in [-0.3, -0.25) is 14.6 Å². The minimum atomic E-state index is -1.88. The molecule has 0 unspecified atom stereocenters. The summed E-state index contributed by atoms with van der Waals surface area (Å²) in [5.41, 5.74) is 14.7. The Hall–Kier alpha value is -5.01. The number of fused-ring (bicyclic) bond motifs is 6. The maximum Gasteiger partial charge on any atom is 0.317 e. The molecular weight excluding hydrogens is 698 g/mol. The number of aliphatic hydroxyl groups excluding tert-OH is 4. The summed E-state index contributed by atoms with van der Waals surface area (Å²) in [5.74, 6) is -1.18. The summed E-state index contributed by atoms with van der Waals surface area (Å²) in [6, 6.07) is 14.6. The predicted molar refractivity (Wildman–Crippen MR) is 180 cm³/mol. The number of rotatable bonds is 12. The molecule has 3 aromatic carbocycles. The van der Waals surface area contributed by atoms with E-state index in [1.54, 1.807) is 18.2 Å². The van der Waals surface area contributed by atoms with Crippen LogP contribution in [-0.2, 0) is 19.1 Å². The fourth-order valence-corrected chi connectivity index (χ4v) is 7.14. The number of carboxylic acid groups (broad SMARTS) is 1. The van der Waals surface area contributed by atoms with Crippen LogP contribution in [0.4, 0.5) is 0 Å². The van der Waals surface area contributed by atoms with Gasteiger partial charge in [-0.05, 0) is 29.3 Å². The van der Waals surface area contributed by atoms with Crippen LogP contribution >= 0.6 is 0 Å². The van der Waals surface area contributed by atoms with Gasteiger partial charge in [0.05, 0.1) is 44.3 Å². The highest BCUT2D eigenvalue weighted by Gasteiger charge is 2.51. The molecule has 3 aromatic rings. The van der Waals surface area contributed by atoms with E-state index < -0.39 is 67.4 Å². The summed E-state index contributed by atoms with van der Waals surface area (Å²) in [4.78, 5) is 28.0. The van der Waals surface area contributed by atoms with Crippen LogP contribution in [0.5, 0.6) is 28.7 Å². The van der Waals surface area contributed by atoms with E-state index in [9.17, 15) is 30.0 Å². The number of aliphatic carboxylic acids is 1. The summed E-state index contributed by atoms with van der Waals surface area (Å²) >= 11 is 0. The Bertz CT molecular complexity index is 2020. The first-order valence-electron chi connectivity index (χ1n) is 16.8. The zero-order valence-corrected chi connectivity index (χ0v) is 28.4. The molecule has 1 saturated heterocycles. The van der Waals surface area contributed by atoms with Gasteiger partial charge >= 0.3 is 11.9 Å². The fraction of sp³-hybridized carbons (Fsp3) is 0.417. The molecule has 4 aliphatic heterocycles. The Kier molecular flexibility index (Phi) is 10.1. The number of para-hydroxylation sites is 1. The minimum Gasteiger partial charge on any atom is -0.493 e. The summed E-state index contributed by atoms with van der Waals surface area (Å²) in [5, 5.41) is 52.8. The third kappa shape index (κ3) is 6.72. The van der Waals surface area contributed by atoms with Gasteiger partial charge in [0, 0.05) is 22.4 Å². The number of carboxylic acids is 1. The van der Waals surface area contributed by atoms with Gasteiger partial charge in [0.25, 0.3) is 0 Å². The van der Waals surface area contributed by atoms with Crippen LogP contribution < -0.4 is 45.7 Å². The quantitative estimate of drug-likeness (QED) is 0.0622. The van der Waals surface area contributed by atoms with E-state index in [4.69, 9.17) is 54.7 Å². The van der Waals surface area contributed by atoms with E-state index in [1.807, 2.05) is 30.3 Å². The summed E-state index contributed by atoms with van der Waals surface area (Å²) in [6.45, 7) is 0.311. The van der Waals surface area contributed by atoms with E-state index >= 15 is 0 Å². The Morgan fingerprint density at radius 3 is 2.58 bits per heavy atom. The Balaban J connectivity index is 1.27. The number of aliphatic hydroxyl groups is 4. The SMILES string of the molecule is COc1ccc2c(c1OCCO)O[C@H]1c3c(cc(O[C@@H]4O[C@H]([C@H](OC(=O)CC(=O)O)C(N)N)[C@@H](O)[C@H](O)[C@H]4O)cc3C3=c4ccccc4=NC3)OC[C@@H]21.